The number of aliphatic hydroxyl groups is 1. The van der Waals surface area contributed by atoms with Gasteiger partial charge in [-0.2, -0.15) is 0 Å². The molecule has 2 N–H and O–H groups in total. The molecule has 1 saturated heterocycles. The highest BCUT2D eigenvalue weighted by Crippen LogP contribution is 2.33. The van der Waals surface area contributed by atoms with Crippen molar-refractivity contribution < 1.29 is 47.0 Å². The quantitative estimate of drug-likeness (QED) is 0.127. The average Bonchev–Trinajstić information content (AvgIpc) is 3.11. The van der Waals surface area contributed by atoms with Gasteiger partial charge in [0.25, 0.3) is 0 Å². The molecule has 0 aromatic heterocycles. The van der Waals surface area contributed by atoms with Crippen molar-refractivity contribution in [2.75, 3.05) is 60.8 Å². The molecule has 1 aliphatic heterocycles. The summed E-state index contributed by atoms with van der Waals surface area (Å²) in [5.74, 6) is -0.0918. The molecule has 0 spiro atoms. The van der Waals surface area contributed by atoms with E-state index in [1.54, 1.807) is 14.2 Å². The molecule has 0 unspecified atom stereocenters. The third-order valence-electron chi connectivity index (χ3n) is 8.44. The minimum Gasteiger partial charge on any atom is -0.496 e. The third kappa shape index (κ3) is 9.87. The van der Waals surface area contributed by atoms with Gasteiger partial charge in [0.05, 0.1) is 66.1 Å². The number of benzene rings is 4. The Hall–Kier alpha value is -3.84. The molecule has 1 fully saturated rings. The minimum absolute atomic E-state index is 0.0200. The van der Waals surface area contributed by atoms with Crippen LogP contribution in [0.15, 0.2) is 72.8 Å². The standard InChI is InChI=1S/C38H45F2NO8/c1-43-23-30(42)24-49-36-20-41-19-35(48-21-25-15-27-7-4-5-8-32(27)34(16-25)44-2)37(36)26-9-11-31(12-10-26)47-14-6-13-46-22-28-17-29(39)18-33(40)38(28)45-3/h4-5,7-12,15-18,30,35-37,41-42H,6,13-14,19-24H2,1-3H3/t30-,35+,36+,37-/m1/s1. The Balaban J connectivity index is 1.20. The maximum atomic E-state index is 13.9. The van der Waals surface area contributed by atoms with Gasteiger partial charge in [-0.3, -0.25) is 0 Å². The second-order valence-corrected chi connectivity index (χ2v) is 11.9. The first-order chi connectivity index (χ1) is 23.9. The zero-order valence-electron chi connectivity index (χ0n) is 28.2. The molecule has 4 atom stereocenters. The fourth-order valence-electron chi connectivity index (χ4n) is 6.15. The molecule has 0 amide bonds. The summed E-state index contributed by atoms with van der Waals surface area (Å²) in [7, 11) is 4.55. The van der Waals surface area contributed by atoms with E-state index < -0.39 is 17.7 Å². The Kier molecular flexibility index (Phi) is 13.6. The van der Waals surface area contributed by atoms with E-state index in [0.717, 1.165) is 33.7 Å². The lowest BCUT2D eigenvalue weighted by Crippen LogP contribution is -2.51. The second kappa shape index (κ2) is 18.2. The number of piperidine rings is 1. The van der Waals surface area contributed by atoms with Crippen molar-refractivity contribution in [2.24, 2.45) is 0 Å². The molecule has 0 saturated carbocycles. The summed E-state index contributed by atoms with van der Waals surface area (Å²) in [5, 5.41) is 15.9. The van der Waals surface area contributed by atoms with E-state index in [4.69, 9.17) is 33.2 Å². The average molecular weight is 682 g/mol. The lowest BCUT2D eigenvalue weighted by molar-refractivity contribution is -0.0856. The maximum absolute atomic E-state index is 13.9. The first kappa shape index (κ1) is 36.4. The molecule has 0 bridgehead atoms. The van der Waals surface area contributed by atoms with Crippen LogP contribution in [0.4, 0.5) is 8.78 Å². The molecule has 1 aliphatic rings. The highest BCUT2D eigenvalue weighted by Gasteiger charge is 2.36. The van der Waals surface area contributed by atoms with Gasteiger partial charge in [-0.1, -0.05) is 36.4 Å². The number of hydrogen-bond donors (Lipinski definition) is 2. The second-order valence-electron chi connectivity index (χ2n) is 11.9. The van der Waals surface area contributed by atoms with E-state index >= 15 is 0 Å². The number of methoxy groups -OCH3 is 3. The van der Waals surface area contributed by atoms with Crippen molar-refractivity contribution in [2.45, 2.75) is 43.9 Å². The van der Waals surface area contributed by atoms with Crippen LogP contribution in [0.3, 0.4) is 0 Å². The zero-order chi connectivity index (χ0) is 34.6. The van der Waals surface area contributed by atoms with Gasteiger partial charge in [-0.05, 0) is 46.8 Å². The summed E-state index contributed by atoms with van der Waals surface area (Å²) < 4.78 is 67.7. The molecule has 49 heavy (non-hydrogen) atoms. The van der Waals surface area contributed by atoms with Gasteiger partial charge in [0.2, 0.25) is 0 Å². The van der Waals surface area contributed by atoms with Crippen LogP contribution in [0.1, 0.15) is 29.0 Å². The number of hydrogen-bond acceptors (Lipinski definition) is 9. The fraction of sp³-hybridized carbons (Fsp3) is 0.421. The molecule has 1 heterocycles. The fourth-order valence-corrected chi connectivity index (χ4v) is 6.15. The maximum Gasteiger partial charge on any atom is 0.168 e. The van der Waals surface area contributed by atoms with Gasteiger partial charge in [0, 0.05) is 49.6 Å². The Morgan fingerprint density at radius 1 is 0.837 bits per heavy atom. The van der Waals surface area contributed by atoms with Crippen molar-refractivity contribution in [3.8, 4) is 17.2 Å². The first-order valence-corrected chi connectivity index (χ1v) is 16.4. The van der Waals surface area contributed by atoms with E-state index in [-0.39, 0.29) is 43.7 Å². The molecule has 264 valence electrons. The third-order valence-corrected chi connectivity index (χ3v) is 8.44. The first-order valence-electron chi connectivity index (χ1n) is 16.4. The topological polar surface area (TPSA) is 96.9 Å². The van der Waals surface area contributed by atoms with Crippen LogP contribution in [0.2, 0.25) is 0 Å². The predicted molar refractivity (Wildman–Crippen MR) is 181 cm³/mol. The number of aliphatic hydroxyl groups excluding tert-OH is 1. The molecule has 0 radical (unpaired) electrons. The van der Waals surface area contributed by atoms with E-state index in [0.29, 0.717) is 50.6 Å². The highest BCUT2D eigenvalue weighted by molar-refractivity contribution is 5.89. The van der Waals surface area contributed by atoms with Gasteiger partial charge >= 0.3 is 0 Å². The van der Waals surface area contributed by atoms with Crippen LogP contribution in [0, 0.1) is 11.6 Å². The molecular formula is C38H45F2NO8. The Bertz CT molecular complexity index is 1620. The monoisotopic (exact) mass is 681 g/mol. The van der Waals surface area contributed by atoms with E-state index in [1.165, 1.54) is 13.2 Å². The van der Waals surface area contributed by atoms with Gasteiger partial charge in [0.15, 0.2) is 11.6 Å². The van der Waals surface area contributed by atoms with E-state index in [9.17, 15) is 13.9 Å². The van der Waals surface area contributed by atoms with Crippen LogP contribution in [-0.2, 0) is 32.2 Å². The number of ether oxygens (including phenoxy) is 7. The minimum atomic E-state index is -0.762. The Labute approximate surface area is 286 Å². The summed E-state index contributed by atoms with van der Waals surface area (Å²) in [6.07, 6.45) is -0.644. The number of fused-ring (bicyclic) bond motifs is 1. The van der Waals surface area contributed by atoms with Crippen LogP contribution in [-0.4, -0.2) is 84.3 Å². The summed E-state index contributed by atoms with van der Waals surface area (Å²) in [5.41, 5.74) is 2.34. The van der Waals surface area contributed by atoms with Crippen LogP contribution >= 0.6 is 0 Å². The summed E-state index contributed by atoms with van der Waals surface area (Å²) in [4.78, 5) is 0. The predicted octanol–water partition coefficient (Wildman–Crippen LogP) is 5.79. The number of nitrogens with one attached hydrogen (secondary N) is 1. The SMILES string of the molecule is COC[C@@H](O)CO[C@H]1CNC[C@H](OCc2cc(OC)c3ccccc3c2)[C@H]1c1ccc(OCCCOCc2cc(F)cc(F)c2OC)cc1. The molecule has 0 aliphatic carbocycles. The smallest absolute Gasteiger partial charge is 0.168 e. The van der Waals surface area contributed by atoms with E-state index in [2.05, 4.69) is 17.4 Å². The van der Waals surface area contributed by atoms with Gasteiger partial charge < -0.3 is 43.6 Å². The Morgan fingerprint density at radius 3 is 2.37 bits per heavy atom. The summed E-state index contributed by atoms with van der Waals surface area (Å²) in [6.45, 7) is 2.68. The normalized spacial score (nSPS) is 18.4. The van der Waals surface area contributed by atoms with Crippen molar-refractivity contribution in [3.05, 3.63) is 101 Å². The van der Waals surface area contributed by atoms with Crippen molar-refractivity contribution in [3.63, 3.8) is 0 Å². The van der Waals surface area contributed by atoms with Gasteiger partial charge in [-0.25, -0.2) is 8.78 Å². The molecule has 4 aromatic carbocycles. The Morgan fingerprint density at radius 2 is 1.61 bits per heavy atom. The molecule has 5 rings (SSSR count). The summed E-state index contributed by atoms with van der Waals surface area (Å²) in [6, 6.07) is 22.1. The van der Waals surface area contributed by atoms with Crippen LogP contribution in [0.25, 0.3) is 10.8 Å². The summed E-state index contributed by atoms with van der Waals surface area (Å²) >= 11 is 0. The zero-order valence-corrected chi connectivity index (χ0v) is 28.2. The van der Waals surface area contributed by atoms with Crippen LogP contribution in [0.5, 0.6) is 17.2 Å². The lowest BCUT2D eigenvalue weighted by Gasteiger charge is -2.39. The molecular weight excluding hydrogens is 636 g/mol. The van der Waals surface area contributed by atoms with E-state index in [1.807, 2.05) is 48.5 Å². The van der Waals surface area contributed by atoms with Crippen molar-refractivity contribution in [1.29, 1.82) is 0 Å². The number of rotatable bonds is 18. The van der Waals surface area contributed by atoms with Gasteiger partial charge in [-0.15, -0.1) is 0 Å². The molecule has 11 heteroatoms. The van der Waals surface area contributed by atoms with Crippen LogP contribution < -0.4 is 19.5 Å². The largest absolute Gasteiger partial charge is 0.496 e. The molecule has 4 aromatic rings. The van der Waals surface area contributed by atoms with Crippen molar-refractivity contribution >= 4 is 10.8 Å². The van der Waals surface area contributed by atoms with Gasteiger partial charge in [0.1, 0.15) is 23.4 Å². The molecule has 9 nitrogen and oxygen atoms in total. The highest BCUT2D eigenvalue weighted by atomic mass is 19.1. The lowest BCUT2D eigenvalue weighted by atomic mass is 9.85. The van der Waals surface area contributed by atoms with Crippen molar-refractivity contribution in [1.82, 2.24) is 5.32 Å². The number of halogens is 2.